The molecule has 2 heteroatoms. The molecule has 1 nitrogen and oxygen atoms in total. The molecule has 1 aromatic carbocycles. The van der Waals surface area contributed by atoms with Gasteiger partial charge >= 0.3 is 0 Å². The first kappa shape index (κ1) is 12.9. The Balaban J connectivity index is 2.84. The molecule has 0 aliphatic rings. The fourth-order valence-electron chi connectivity index (χ4n) is 1.49. The van der Waals surface area contributed by atoms with Gasteiger partial charge < -0.3 is 4.43 Å². The minimum Gasteiger partial charge on any atom is -0.406 e. The highest BCUT2D eigenvalue weighted by molar-refractivity contribution is 6.76. The number of hydrogen-bond donors (Lipinski definition) is 0. The molecule has 1 unspecified atom stereocenters. The lowest BCUT2D eigenvalue weighted by Crippen LogP contribution is -2.29. The molecule has 0 bridgehead atoms. The van der Waals surface area contributed by atoms with Crippen molar-refractivity contribution >= 4 is 8.32 Å². The number of rotatable bonds is 6. The zero-order chi connectivity index (χ0) is 12.0. The molecule has 0 aliphatic heterocycles. The first-order valence-corrected chi connectivity index (χ1v) is 8.55. The fourth-order valence-corrected chi connectivity index (χ4v) is 2.55. The van der Waals surface area contributed by atoms with Crippen molar-refractivity contribution in [3.63, 3.8) is 0 Å². The molecule has 0 saturated carbocycles. The van der Waals surface area contributed by atoms with Crippen LogP contribution in [0.25, 0.3) is 0 Å². The molecule has 0 spiro atoms. The summed E-state index contributed by atoms with van der Waals surface area (Å²) >= 11 is 0. The average molecular weight is 232 g/mol. The van der Waals surface area contributed by atoms with Crippen molar-refractivity contribution in [2.45, 2.75) is 25.6 Å². The van der Waals surface area contributed by atoms with E-state index in [1.807, 2.05) is 30.0 Å². The van der Waals surface area contributed by atoms with Crippen LogP contribution in [0.5, 0.6) is 0 Å². The lowest BCUT2D eigenvalue weighted by atomic mass is 10.1. The van der Waals surface area contributed by atoms with Gasteiger partial charge in [0.2, 0.25) is 8.32 Å². The molecule has 0 radical (unpaired) electrons. The van der Waals surface area contributed by atoms with E-state index in [9.17, 15) is 0 Å². The van der Waals surface area contributed by atoms with Gasteiger partial charge in [0, 0.05) is 0 Å². The van der Waals surface area contributed by atoms with E-state index in [-0.39, 0.29) is 6.10 Å². The topological polar surface area (TPSA) is 9.23 Å². The highest BCUT2D eigenvalue weighted by Crippen LogP contribution is 2.25. The summed E-state index contributed by atoms with van der Waals surface area (Å²) in [6.45, 7) is 11.9. The van der Waals surface area contributed by atoms with Gasteiger partial charge in [-0.3, -0.25) is 0 Å². The number of benzene rings is 1. The lowest BCUT2D eigenvalue weighted by molar-refractivity contribution is 0.204. The van der Waals surface area contributed by atoms with Crippen molar-refractivity contribution in [1.29, 1.82) is 0 Å². The van der Waals surface area contributed by atoms with Gasteiger partial charge in [0.15, 0.2) is 0 Å². The summed E-state index contributed by atoms with van der Waals surface area (Å²) in [6.07, 6.45) is 2.86. The SMILES string of the molecule is C=CCC(O[Si](C)(C)C=C)c1ccccc1. The smallest absolute Gasteiger partial charge is 0.211 e. The number of hydrogen-bond acceptors (Lipinski definition) is 1. The minimum absolute atomic E-state index is 0.110. The molecule has 86 valence electrons. The second kappa shape index (κ2) is 5.82. The summed E-state index contributed by atoms with van der Waals surface area (Å²) in [5.74, 6) is 0. The Morgan fingerprint density at radius 1 is 1.25 bits per heavy atom. The molecule has 0 amide bonds. The predicted octanol–water partition coefficient (Wildman–Crippen LogP) is 4.25. The normalized spacial score (nSPS) is 13.1. The van der Waals surface area contributed by atoms with Crippen LogP contribution in [0.1, 0.15) is 18.1 Å². The van der Waals surface area contributed by atoms with E-state index in [0.29, 0.717) is 0 Å². The van der Waals surface area contributed by atoms with E-state index < -0.39 is 8.32 Å². The van der Waals surface area contributed by atoms with Crippen LogP contribution in [0, 0.1) is 0 Å². The van der Waals surface area contributed by atoms with Crippen molar-refractivity contribution < 1.29 is 4.43 Å². The zero-order valence-corrected chi connectivity index (χ0v) is 11.1. The van der Waals surface area contributed by atoms with Crippen molar-refractivity contribution in [2.75, 3.05) is 0 Å². The molecular formula is C14H20OSi. The Labute approximate surface area is 99.6 Å². The second-order valence-electron chi connectivity index (χ2n) is 4.35. The molecule has 0 aliphatic carbocycles. The highest BCUT2D eigenvalue weighted by atomic mass is 28.4. The maximum Gasteiger partial charge on any atom is 0.211 e. The van der Waals surface area contributed by atoms with Crippen molar-refractivity contribution in [1.82, 2.24) is 0 Å². The van der Waals surface area contributed by atoms with Crippen LogP contribution >= 0.6 is 0 Å². The predicted molar refractivity (Wildman–Crippen MR) is 72.8 cm³/mol. The maximum atomic E-state index is 6.16. The minimum atomic E-state index is -1.74. The highest BCUT2D eigenvalue weighted by Gasteiger charge is 2.23. The molecule has 1 atom stereocenters. The fraction of sp³-hybridized carbons (Fsp3) is 0.286. The van der Waals surface area contributed by atoms with Crippen LogP contribution in [0.3, 0.4) is 0 Å². The Bertz CT molecular complexity index is 343. The van der Waals surface area contributed by atoms with E-state index in [1.54, 1.807) is 0 Å². The largest absolute Gasteiger partial charge is 0.406 e. The molecule has 1 aromatic rings. The van der Waals surface area contributed by atoms with Crippen molar-refractivity contribution in [2.24, 2.45) is 0 Å². The summed E-state index contributed by atoms with van der Waals surface area (Å²) in [4.78, 5) is 0. The van der Waals surface area contributed by atoms with E-state index in [2.05, 4.69) is 38.4 Å². The second-order valence-corrected chi connectivity index (χ2v) is 8.20. The third-order valence-corrected chi connectivity index (χ3v) is 4.36. The van der Waals surface area contributed by atoms with Gasteiger partial charge in [-0.2, -0.15) is 0 Å². The Morgan fingerprint density at radius 2 is 1.88 bits per heavy atom. The molecule has 0 N–H and O–H groups in total. The Morgan fingerprint density at radius 3 is 2.38 bits per heavy atom. The zero-order valence-electron chi connectivity index (χ0n) is 10.1. The molecule has 0 heterocycles. The molecule has 16 heavy (non-hydrogen) atoms. The third kappa shape index (κ3) is 3.80. The van der Waals surface area contributed by atoms with E-state index in [1.165, 1.54) is 5.56 Å². The summed E-state index contributed by atoms with van der Waals surface area (Å²) in [5.41, 5.74) is 3.18. The van der Waals surface area contributed by atoms with E-state index in [4.69, 9.17) is 4.43 Å². The average Bonchev–Trinajstić information content (AvgIpc) is 2.29. The summed E-state index contributed by atoms with van der Waals surface area (Å²) in [7, 11) is -1.74. The van der Waals surface area contributed by atoms with Crippen LogP contribution in [-0.2, 0) is 4.43 Å². The Hall–Kier alpha value is -1.12. The van der Waals surface area contributed by atoms with Gasteiger partial charge in [-0.05, 0) is 25.1 Å². The van der Waals surface area contributed by atoms with Crippen LogP contribution in [0.15, 0.2) is 55.3 Å². The van der Waals surface area contributed by atoms with Crippen LogP contribution in [-0.4, -0.2) is 8.32 Å². The van der Waals surface area contributed by atoms with Gasteiger partial charge in [0.25, 0.3) is 0 Å². The summed E-state index contributed by atoms with van der Waals surface area (Å²) in [5, 5.41) is 0. The molecule has 0 fully saturated rings. The van der Waals surface area contributed by atoms with Gasteiger partial charge in [-0.15, -0.1) is 13.2 Å². The van der Waals surface area contributed by atoms with Crippen molar-refractivity contribution in [3.05, 3.63) is 60.8 Å². The summed E-state index contributed by atoms with van der Waals surface area (Å²) < 4.78 is 6.16. The van der Waals surface area contributed by atoms with E-state index >= 15 is 0 Å². The van der Waals surface area contributed by atoms with Crippen LogP contribution in [0.4, 0.5) is 0 Å². The van der Waals surface area contributed by atoms with Gasteiger partial charge in [-0.25, -0.2) is 0 Å². The molecule has 1 rings (SSSR count). The van der Waals surface area contributed by atoms with E-state index in [0.717, 1.165) is 6.42 Å². The quantitative estimate of drug-likeness (QED) is 0.526. The summed E-state index contributed by atoms with van der Waals surface area (Å²) in [6, 6.07) is 10.3. The molecule has 0 aromatic heterocycles. The first-order chi connectivity index (χ1) is 7.59. The van der Waals surface area contributed by atoms with Gasteiger partial charge in [0.1, 0.15) is 0 Å². The third-order valence-electron chi connectivity index (χ3n) is 2.49. The molecule has 0 saturated heterocycles. The van der Waals surface area contributed by atoms with Gasteiger partial charge in [0.05, 0.1) is 6.10 Å². The van der Waals surface area contributed by atoms with Gasteiger partial charge in [-0.1, -0.05) is 42.1 Å². The first-order valence-electron chi connectivity index (χ1n) is 5.56. The van der Waals surface area contributed by atoms with Crippen molar-refractivity contribution in [3.8, 4) is 0 Å². The van der Waals surface area contributed by atoms with Crippen LogP contribution in [0.2, 0.25) is 13.1 Å². The standard InChI is InChI=1S/C14H20OSi/c1-5-10-14(15-16(3,4)6-2)13-11-8-7-9-12-13/h5-9,11-12,14H,1-2,10H2,3-4H3. The monoisotopic (exact) mass is 232 g/mol. The maximum absolute atomic E-state index is 6.16. The van der Waals surface area contributed by atoms with Crippen LogP contribution < -0.4 is 0 Å². The Kier molecular flexibility index (Phi) is 4.71. The lowest BCUT2D eigenvalue weighted by Gasteiger charge is -2.26. The molecular weight excluding hydrogens is 212 g/mol.